The molecule has 35 heavy (non-hydrogen) atoms. The van der Waals surface area contributed by atoms with Gasteiger partial charge >= 0.3 is 0 Å². The Balaban J connectivity index is 0.00000167. The number of carbonyl (C=O) groups excluding carboxylic acids is 2. The molecule has 0 saturated carbocycles. The van der Waals surface area contributed by atoms with Crippen LogP contribution in [0.3, 0.4) is 0 Å². The van der Waals surface area contributed by atoms with Crippen molar-refractivity contribution in [1.29, 1.82) is 5.41 Å². The van der Waals surface area contributed by atoms with Crippen molar-refractivity contribution < 1.29 is 14.3 Å². The highest BCUT2D eigenvalue weighted by molar-refractivity contribution is 6.16. The fourth-order valence-corrected chi connectivity index (χ4v) is 3.57. The number of carbonyl (C=O) groups is 2. The zero-order valence-corrected chi connectivity index (χ0v) is 20.0. The van der Waals surface area contributed by atoms with Gasteiger partial charge in [0.05, 0.1) is 11.3 Å². The predicted octanol–water partition coefficient (Wildman–Crippen LogP) is 4.24. The number of nitrogens with zero attached hydrogens (tertiary/aromatic N) is 3. The standard InChI is InChI=1S/C24H24N6O3.C2H6/c25-22(16-9-11-18(12-10-16)33-17-5-2-1-3-6-17)21-23(26)28-15-29-24(21)27-13-14-30-19(31)7-4-8-20(30)32;1-2/h1-3,5-6,9-12,15,25H,4,7-8,13-14H2,(H3,26,27,28,29);1-2H3. The van der Waals surface area contributed by atoms with Crippen molar-refractivity contribution in [1.82, 2.24) is 14.9 Å². The number of nitrogens with two attached hydrogens (primary N) is 1. The second-order valence-corrected chi connectivity index (χ2v) is 7.52. The number of amides is 2. The summed E-state index contributed by atoms with van der Waals surface area (Å²) in [6, 6.07) is 16.5. The maximum atomic E-state index is 12.0. The summed E-state index contributed by atoms with van der Waals surface area (Å²) in [4.78, 5) is 33.5. The van der Waals surface area contributed by atoms with Crippen molar-refractivity contribution in [3.05, 3.63) is 72.1 Å². The molecule has 2 aromatic carbocycles. The lowest BCUT2D eigenvalue weighted by atomic mass is 10.0. The average Bonchev–Trinajstić information content (AvgIpc) is 2.88. The molecule has 0 atom stereocenters. The van der Waals surface area contributed by atoms with Gasteiger partial charge in [-0.15, -0.1) is 0 Å². The summed E-state index contributed by atoms with van der Waals surface area (Å²) in [5, 5.41) is 11.8. The van der Waals surface area contributed by atoms with Gasteiger partial charge in [0.2, 0.25) is 11.8 Å². The first-order valence-electron chi connectivity index (χ1n) is 11.6. The van der Waals surface area contributed by atoms with Crippen LogP contribution >= 0.6 is 0 Å². The number of para-hydroxylation sites is 1. The van der Waals surface area contributed by atoms with Crippen LogP contribution in [0, 0.1) is 5.41 Å². The highest BCUT2D eigenvalue weighted by atomic mass is 16.5. The number of rotatable bonds is 8. The van der Waals surface area contributed by atoms with Crippen LogP contribution in [0.5, 0.6) is 11.5 Å². The molecule has 0 bridgehead atoms. The first-order chi connectivity index (χ1) is 17.0. The van der Waals surface area contributed by atoms with Crippen LogP contribution in [-0.4, -0.2) is 45.5 Å². The van der Waals surface area contributed by atoms with Gasteiger partial charge in [0.15, 0.2) is 0 Å². The third-order valence-electron chi connectivity index (χ3n) is 5.26. The van der Waals surface area contributed by atoms with Gasteiger partial charge in [0.1, 0.15) is 29.5 Å². The molecule has 0 spiro atoms. The van der Waals surface area contributed by atoms with Crippen LogP contribution < -0.4 is 15.8 Å². The Kier molecular flexibility index (Phi) is 8.89. The van der Waals surface area contributed by atoms with Gasteiger partial charge in [-0.1, -0.05) is 32.0 Å². The van der Waals surface area contributed by atoms with Crippen molar-refractivity contribution in [2.75, 3.05) is 24.1 Å². The molecule has 1 aromatic heterocycles. The number of benzene rings is 2. The van der Waals surface area contributed by atoms with Gasteiger partial charge in [-0.2, -0.15) is 0 Å². The minimum absolute atomic E-state index is 0.145. The quantitative estimate of drug-likeness (QED) is 0.328. The second-order valence-electron chi connectivity index (χ2n) is 7.52. The first-order valence-corrected chi connectivity index (χ1v) is 11.6. The molecule has 2 amide bonds. The number of nitrogen functional groups attached to an aromatic ring is 1. The first kappa shape index (κ1) is 25.4. The molecule has 1 fully saturated rings. The van der Waals surface area contributed by atoms with Gasteiger partial charge < -0.3 is 15.8 Å². The Morgan fingerprint density at radius 1 is 1.00 bits per heavy atom. The van der Waals surface area contributed by atoms with Gasteiger partial charge in [-0.05, 0) is 42.8 Å². The van der Waals surface area contributed by atoms with Crippen molar-refractivity contribution in [3.8, 4) is 11.5 Å². The number of imide groups is 1. The van der Waals surface area contributed by atoms with Gasteiger partial charge in [-0.3, -0.25) is 19.9 Å². The van der Waals surface area contributed by atoms with E-state index in [9.17, 15) is 9.59 Å². The predicted molar refractivity (Wildman–Crippen MR) is 136 cm³/mol. The van der Waals surface area contributed by atoms with Crippen molar-refractivity contribution in [2.24, 2.45) is 0 Å². The van der Waals surface area contributed by atoms with Gasteiger partial charge in [0.25, 0.3) is 0 Å². The molecule has 1 aliphatic rings. The normalized spacial score (nSPS) is 13.0. The molecule has 3 aromatic rings. The van der Waals surface area contributed by atoms with E-state index in [-0.39, 0.29) is 36.4 Å². The summed E-state index contributed by atoms with van der Waals surface area (Å²) >= 11 is 0. The zero-order valence-electron chi connectivity index (χ0n) is 20.0. The maximum Gasteiger partial charge on any atom is 0.229 e. The molecule has 2 heterocycles. The van der Waals surface area contributed by atoms with Crippen molar-refractivity contribution in [3.63, 3.8) is 0 Å². The van der Waals surface area contributed by atoms with E-state index in [1.54, 1.807) is 24.3 Å². The topological polar surface area (TPSA) is 134 Å². The fraction of sp³-hybridized carbons (Fsp3) is 0.269. The minimum Gasteiger partial charge on any atom is -0.457 e. The zero-order chi connectivity index (χ0) is 25.2. The monoisotopic (exact) mass is 474 g/mol. The molecule has 0 unspecified atom stereocenters. The molecular formula is C26H30N6O3. The molecule has 182 valence electrons. The van der Waals surface area contributed by atoms with Crippen molar-refractivity contribution >= 4 is 29.2 Å². The van der Waals surface area contributed by atoms with E-state index < -0.39 is 0 Å². The maximum absolute atomic E-state index is 12.0. The van der Waals surface area contributed by atoms with Crippen LogP contribution in [0.2, 0.25) is 0 Å². The second kappa shape index (κ2) is 12.3. The summed E-state index contributed by atoms with van der Waals surface area (Å²) in [6.45, 7) is 4.51. The molecule has 1 saturated heterocycles. The van der Waals surface area contributed by atoms with E-state index in [1.165, 1.54) is 11.2 Å². The number of aromatic nitrogens is 2. The molecule has 0 aliphatic carbocycles. The van der Waals surface area contributed by atoms with Crippen LogP contribution in [0.15, 0.2) is 60.9 Å². The van der Waals surface area contributed by atoms with E-state index in [2.05, 4.69) is 15.3 Å². The van der Waals surface area contributed by atoms with Crippen LogP contribution in [0.25, 0.3) is 0 Å². The Morgan fingerprint density at radius 3 is 2.29 bits per heavy atom. The van der Waals surface area contributed by atoms with E-state index in [4.69, 9.17) is 15.9 Å². The molecule has 4 rings (SSSR count). The number of piperidine rings is 1. The number of ether oxygens (including phenoxy) is 1. The molecule has 9 nitrogen and oxygen atoms in total. The van der Waals surface area contributed by atoms with Gasteiger partial charge in [-0.25, -0.2) is 9.97 Å². The van der Waals surface area contributed by atoms with Crippen molar-refractivity contribution in [2.45, 2.75) is 33.1 Å². The molecular weight excluding hydrogens is 444 g/mol. The summed E-state index contributed by atoms with van der Waals surface area (Å²) in [5.41, 5.74) is 7.19. The lowest BCUT2D eigenvalue weighted by Crippen LogP contribution is -2.42. The van der Waals surface area contributed by atoms with E-state index in [0.717, 1.165) is 5.75 Å². The summed E-state index contributed by atoms with van der Waals surface area (Å²) in [7, 11) is 0. The number of nitrogens with one attached hydrogen (secondary N) is 2. The summed E-state index contributed by atoms with van der Waals surface area (Å²) in [6.07, 6.45) is 2.67. The van der Waals surface area contributed by atoms with Crippen LogP contribution in [0.4, 0.5) is 11.6 Å². The van der Waals surface area contributed by atoms with Gasteiger partial charge in [0, 0.05) is 31.5 Å². The molecule has 4 N–H and O–H groups in total. The van der Waals surface area contributed by atoms with Crippen LogP contribution in [-0.2, 0) is 9.59 Å². The third-order valence-corrected chi connectivity index (χ3v) is 5.26. The Hall–Kier alpha value is -4.27. The minimum atomic E-state index is -0.166. The number of anilines is 2. The average molecular weight is 475 g/mol. The lowest BCUT2D eigenvalue weighted by molar-refractivity contribution is -0.147. The smallest absolute Gasteiger partial charge is 0.229 e. The molecule has 9 heteroatoms. The largest absolute Gasteiger partial charge is 0.457 e. The number of likely N-dealkylation sites (tertiary alicyclic amines) is 1. The highest BCUT2D eigenvalue weighted by Crippen LogP contribution is 2.25. The SMILES string of the molecule is CC.N=C(c1ccc(Oc2ccccc2)cc1)c1c(N)ncnc1NCCN1C(=O)CCCC1=O. The molecule has 0 radical (unpaired) electrons. The Labute approximate surface area is 204 Å². The highest BCUT2D eigenvalue weighted by Gasteiger charge is 2.25. The Morgan fingerprint density at radius 2 is 1.63 bits per heavy atom. The summed E-state index contributed by atoms with van der Waals surface area (Å²) < 4.78 is 5.80. The number of hydrogen-bond donors (Lipinski definition) is 3. The third kappa shape index (κ3) is 6.41. The lowest BCUT2D eigenvalue weighted by Gasteiger charge is -2.25. The van der Waals surface area contributed by atoms with E-state index >= 15 is 0 Å². The number of hydrogen-bond acceptors (Lipinski definition) is 8. The fourth-order valence-electron chi connectivity index (χ4n) is 3.57. The molecule has 1 aliphatic heterocycles. The summed E-state index contributed by atoms with van der Waals surface area (Å²) in [5.74, 6) is 1.56. The van der Waals surface area contributed by atoms with E-state index in [0.29, 0.717) is 42.0 Å². The Bertz CT molecular complexity index is 1150. The van der Waals surface area contributed by atoms with E-state index in [1.807, 2.05) is 44.2 Å². The van der Waals surface area contributed by atoms with Crippen LogP contribution in [0.1, 0.15) is 44.2 Å².